The van der Waals surface area contributed by atoms with Gasteiger partial charge in [-0.3, -0.25) is 9.48 Å². The minimum absolute atomic E-state index is 0.120. The molecule has 0 saturated heterocycles. The van der Waals surface area contributed by atoms with Gasteiger partial charge in [-0.2, -0.15) is 5.10 Å². The maximum Gasteiger partial charge on any atom is 0.259 e. The molecular weight excluding hydrogens is 488 g/mol. The molecule has 0 fully saturated rings. The lowest BCUT2D eigenvalue weighted by atomic mass is 9.97. The molecule has 9 heteroatoms. The van der Waals surface area contributed by atoms with Gasteiger partial charge in [-0.1, -0.05) is 48.4 Å². The first-order valence-corrected chi connectivity index (χ1v) is 12.4. The summed E-state index contributed by atoms with van der Waals surface area (Å²) in [5, 5.41) is 12.5. The fraction of sp³-hybridized carbons (Fsp3) is 0.100. The van der Waals surface area contributed by atoms with E-state index in [0.717, 1.165) is 33.3 Å². The van der Waals surface area contributed by atoms with Crippen LogP contribution in [0.2, 0.25) is 0 Å². The zero-order chi connectivity index (χ0) is 26.9. The van der Waals surface area contributed by atoms with Crippen molar-refractivity contribution in [2.45, 2.75) is 13.0 Å². The minimum atomic E-state index is -0.397. The number of benzene rings is 2. The van der Waals surface area contributed by atoms with Gasteiger partial charge in [-0.05, 0) is 37.1 Å². The van der Waals surface area contributed by atoms with Crippen LogP contribution >= 0.6 is 0 Å². The molecule has 0 aliphatic heterocycles. The van der Waals surface area contributed by atoms with Crippen LogP contribution < -0.4 is 11.1 Å². The number of carbonyl (C=O) groups excluding carboxylic acids is 1. The molecule has 0 aliphatic carbocycles. The number of pyridine rings is 1. The number of rotatable bonds is 4. The standard InChI is InChI=1S/C30H24N8O/c1-19(33-30(39)25-28(31)36-38-16-7-15-32-29(25)38)24-18-22-11-6-10-21(12-13-23-14-17-37(2)35-23)26(22)34-27(24)20-8-4-3-5-9-20/h3-11,14-19H,1-2H3,(H2,31,36)(H,33,39)/t19-/m0/s1. The molecule has 0 spiro atoms. The van der Waals surface area contributed by atoms with E-state index < -0.39 is 6.04 Å². The van der Waals surface area contributed by atoms with Crippen molar-refractivity contribution in [3.05, 3.63) is 108 Å². The lowest BCUT2D eigenvalue weighted by Gasteiger charge is -2.19. The molecule has 0 radical (unpaired) electrons. The number of para-hydroxylation sites is 1. The predicted octanol–water partition coefficient (Wildman–Crippen LogP) is 4.15. The van der Waals surface area contributed by atoms with Crippen molar-refractivity contribution < 1.29 is 4.79 Å². The molecule has 0 aliphatic rings. The molecule has 1 amide bonds. The van der Waals surface area contributed by atoms with Gasteiger partial charge in [0.2, 0.25) is 0 Å². The Labute approximate surface area is 224 Å². The Balaban J connectivity index is 1.43. The monoisotopic (exact) mass is 512 g/mol. The third-order valence-corrected chi connectivity index (χ3v) is 6.42. The van der Waals surface area contributed by atoms with Gasteiger partial charge in [0.15, 0.2) is 11.5 Å². The van der Waals surface area contributed by atoms with E-state index in [2.05, 4.69) is 38.4 Å². The molecule has 3 N–H and O–H groups in total. The molecule has 39 heavy (non-hydrogen) atoms. The summed E-state index contributed by atoms with van der Waals surface area (Å²) in [6.07, 6.45) is 5.16. The fourth-order valence-electron chi connectivity index (χ4n) is 4.55. The van der Waals surface area contributed by atoms with E-state index in [1.807, 2.05) is 74.8 Å². The SMILES string of the molecule is C[C@H](NC(=O)c1c(N)nn2cccnc12)c1cc2cccc(C#Cc3ccn(C)n3)c2nc1-c1ccccc1. The van der Waals surface area contributed by atoms with Crippen LogP contribution in [0.5, 0.6) is 0 Å². The average Bonchev–Trinajstić information content (AvgIpc) is 3.52. The summed E-state index contributed by atoms with van der Waals surface area (Å²) in [5.41, 5.74) is 11.5. The second-order valence-electron chi connectivity index (χ2n) is 9.14. The first kappa shape index (κ1) is 23.9. The van der Waals surface area contributed by atoms with Gasteiger partial charge in [-0.25, -0.2) is 14.5 Å². The summed E-state index contributed by atoms with van der Waals surface area (Å²) in [7, 11) is 1.86. The first-order chi connectivity index (χ1) is 19.0. The number of aryl methyl sites for hydroxylation is 1. The fourth-order valence-corrected chi connectivity index (χ4v) is 4.55. The molecule has 4 aromatic heterocycles. The summed E-state index contributed by atoms with van der Waals surface area (Å²) in [6.45, 7) is 1.92. The molecule has 9 nitrogen and oxygen atoms in total. The van der Waals surface area contributed by atoms with Crippen LogP contribution in [-0.2, 0) is 7.05 Å². The van der Waals surface area contributed by atoms with E-state index in [-0.39, 0.29) is 17.3 Å². The van der Waals surface area contributed by atoms with Gasteiger partial charge in [0.1, 0.15) is 11.3 Å². The Kier molecular flexibility index (Phi) is 5.98. The van der Waals surface area contributed by atoms with Crippen LogP contribution in [0.3, 0.4) is 0 Å². The lowest BCUT2D eigenvalue weighted by Crippen LogP contribution is -2.28. The van der Waals surface area contributed by atoms with Crippen LogP contribution in [0.25, 0.3) is 27.8 Å². The summed E-state index contributed by atoms with van der Waals surface area (Å²) in [6, 6.07) is 21.0. The second-order valence-corrected chi connectivity index (χ2v) is 9.14. The molecule has 6 aromatic rings. The molecule has 0 unspecified atom stereocenters. The second kappa shape index (κ2) is 9.76. The van der Waals surface area contributed by atoms with E-state index in [1.165, 1.54) is 4.52 Å². The molecule has 0 saturated carbocycles. The normalized spacial score (nSPS) is 11.7. The highest BCUT2D eigenvalue weighted by molar-refractivity contribution is 6.04. The number of anilines is 1. The predicted molar refractivity (Wildman–Crippen MR) is 150 cm³/mol. The van der Waals surface area contributed by atoms with Gasteiger partial charge < -0.3 is 11.1 Å². The number of hydrogen-bond donors (Lipinski definition) is 2. The quantitative estimate of drug-likeness (QED) is 0.343. The van der Waals surface area contributed by atoms with Gasteiger partial charge in [0.05, 0.1) is 22.8 Å². The molecule has 1 atom stereocenters. The van der Waals surface area contributed by atoms with Gasteiger partial charge in [-0.15, -0.1) is 5.10 Å². The summed E-state index contributed by atoms with van der Waals surface area (Å²) >= 11 is 0. The van der Waals surface area contributed by atoms with E-state index >= 15 is 0 Å². The first-order valence-electron chi connectivity index (χ1n) is 12.4. The highest BCUT2D eigenvalue weighted by Crippen LogP contribution is 2.31. The number of nitrogens with one attached hydrogen (secondary N) is 1. The Morgan fingerprint density at radius 1 is 1.00 bits per heavy atom. The third kappa shape index (κ3) is 4.55. The summed E-state index contributed by atoms with van der Waals surface area (Å²) < 4.78 is 3.22. The van der Waals surface area contributed by atoms with Crippen LogP contribution in [0.15, 0.2) is 85.3 Å². The zero-order valence-electron chi connectivity index (χ0n) is 21.3. The minimum Gasteiger partial charge on any atom is -0.381 e. The van der Waals surface area contributed by atoms with Gasteiger partial charge >= 0.3 is 0 Å². The number of nitrogen functional groups attached to an aromatic ring is 1. The number of nitrogens with zero attached hydrogens (tertiary/aromatic N) is 6. The Morgan fingerprint density at radius 2 is 1.85 bits per heavy atom. The summed E-state index contributed by atoms with van der Waals surface area (Å²) in [5.74, 6) is 6.12. The van der Waals surface area contributed by atoms with Crippen LogP contribution in [0.1, 0.15) is 40.1 Å². The van der Waals surface area contributed by atoms with Crippen molar-refractivity contribution in [1.82, 2.24) is 34.7 Å². The van der Waals surface area contributed by atoms with Crippen molar-refractivity contribution in [2.75, 3.05) is 5.73 Å². The van der Waals surface area contributed by atoms with Gasteiger partial charge in [0.25, 0.3) is 5.91 Å². The number of nitrogens with two attached hydrogens (primary N) is 1. The Bertz CT molecular complexity index is 1910. The molecular formula is C30H24N8O. The van der Waals surface area contributed by atoms with Crippen molar-refractivity contribution in [3.63, 3.8) is 0 Å². The number of amides is 1. The van der Waals surface area contributed by atoms with Crippen LogP contribution in [-0.4, -0.2) is 35.3 Å². The van der Waals surface area contributed by atoms with E-state index in [0.29, 0.717) is 11.3 Å². The Hall–Kier alpha value is -5.49. The molecule has 6 rings (SSSR count). The van der Waals surface area contributed by atoms with E-state index in [1.54, 1.807) is 23.1 Å². The molecule has 4 heterocycles. The molecule has 0 bridgehead atoms. The molecule has 2 aromatic carbocycles. The smallest absolute Gasteiger partial charge is 0.259 e. The number of fused-ring (bicyclic) bond motifs is 2. The highest BCUT2D eigenvalue weighted by atomic mass is 16.1. The lowest BCUT2D eigenvalue weighted by molar-refractivity contribution is 0.0942. The topological polar surface area (TPSA) is 116 Å². The average molecular weight is 513 g/mol. The van der Waals surface area contributed by atoms with Gasteiger partial charge in [0, 0.05) is 42.2 Å². The van der Waals surface area contributed by atoms with Crippen molar-refractivity contribution in [3.8, 4) is 23.1 Å². The largest absolute Gasteiger partial charge is 0.381 e. The van der Waals surface area contributed by atoms with Crippen LogP contribution in [0, 0.1) is 11.8 Å². The van der Waals surface area contributed by atoms with Crippen molar-refractivity contribution in [1.29, 1.82) is 0 Å². The van der Waals surface area contributed by atoms with E-state index in [4.69, 9.17) is 10.7 Å². The van der Waals surface area contributed by atoms with E-state index in [9.17, 15) is 4.79 Å². The number of carbonyl (C=O) groups is 1. The van der Waals surface area contributed by atoms with Crippen molar-refractivity contribution in [2.24, 2.45) is 7.05 Å². The zero-order valence-corrected chi connectivity index (χ0v) is 21.3. The molecule has 190 valence electrons. The Morgan fingerprint density at radius 3 is 2.64 bits per heavy atom. The summed E-state index contributed by atoms with van der Waals surface area (Å²) in [4.78, 5) is 22.8. The third-order valence-electron chi connectivity index (χ3n) is 6.42. The number of aromatic nitrogens is 6. The van der Waals surface area contributed by atoms with Crippen LogP contribution in [0.4, 0.5) is 5.82 Å². The number of hydrogen-bond acceptors (Lipinski definition) is 6. The maximum absolute atomic E-state index is 13.4. The van der Waals surface area contributed by atoms with Crippen molar-refractivity contribution >= 4 is 28.3 Å². The highest BCUT2D eigenvalue weighted by Gasteiger charge is 2.23. The maximum atomic E-state index is 13.4.